The van der Waals surface area contributed by atoms with Crippen molar-refractivity contribution in [1.29, 1.82) is 0 Å². The average Bonchev–Trinajstić information content (AvgIpc) is 2.53. The number of esters is 1. The van der Waals surface area contributed by atoms with Crippen LogP contribution in [0.25, 0.3) is 0 Å². The minimum atomic E-state index is -1.02. The first-order valence-corrected chi connectivity index (χ1v) is 7.77. The molecular formula is C18H23FN2O4. The number of methoxy groups -OCH3 is 1. The van der Waals surface area contributed by atoms with Gasteiger partial charge in [-0.1, -0.05) is 23.8 Å². The normalized spacial score (nSPS) is 12.6. The molecular weight excluding hydrogens is 327 g/mol. The maximum Gasteiger partial charge on any atom is 0.328 e. The highest BCUT2D eigenvalue weighted by Gasteiger charge is 2.27. The molecule has 2 atom stereocenters. The molecule has 1 rings (SSSR count). The summed E-state index contributed by atoms with van der Waals surface area (Å²) in [4.78, 5) is 35.7. The van der Waals surface area contributed by atoms with E-state index in [1.165, 1.54) is 32.2 Å². The van der Waals surface area contributed by atoms with Gasteiger partial charge in [0.25, 0.3) is 0 Å². The van der Waals surface area contributed by atoms with Gasteiger partial charge in [0.1, 0.15) is 17.9 Å². The van der Waals surface area contributed by atoms with Crippen LogP contribution in [0.5, 0.6) is 0 Å². The second kappa shape index (κ2) is 9.56. The minimum Gasteiger partial charge on any atom is -0.467 e. The van der Waals surface area contributed by atoms with Gasteiger partial charge in [-0.05, 0) is 25.0 Å². The molecule has 0 aliphatic carbocycles. The third-order valence-corrected chi connectivity index (χ3v) is 3.43. The maximum atomic E-state index is 13.8. The molecule has 0 spiro atoms. The Hall–Kier alpha value is -2.70. The van der Waals surface area contributed by atoms with E-state index in [0.717, 1.165) is 0 Å². The van der Waals surface area contributed by atoms with Crippen molar-refractivity contribution in [2.24, 2.45) is 0 Å². The highest BCUT2D eigenvalue weighted by atomic mass is 19.1. The summed E-state index contributed by atoms with van der Waals surface area (Å²) in [5.41, 5.74) is 0.965. The lowest BCUT2D eigenvalue weighted by atomic mass is 10.0. The Balaban J connectivity index is 2.94. The van der Waals surface area contributed by atoms with Gasteiger partial charge in [0.2, 0.25) is 11.8 Å². The molecule has 0 unspecified atom stereocenters. The van der Waals surface area contributed by atoms with E-state index < -0.39 is 35.7 Å². The summed E-state index contributed by atoms with van der Waals surface area (Å²) in [6, 6.07) is 4.03. The summed E-state index contributed by atoms with van der Waals surface area (Å²) in [6.45, 7) is 6.69. The third kappa shape index (κ3) is 6.74. The molecule has 0 saturated heterocycles. The number of rotatable bonds is 8. The Bertz CT molecular complexity index is 660. The average molecular weight is 350 g/mol. The SMILES string of the molecule is C=C(C)C[C@H](NC(=O)[C@@H](Cc1ccccc1F)NC(C)=O)C(=O)OC. The van der Waals surface area contributed by atoms with Crippen molar-refractivity contribution in [3.05, 3.63) is 47.8 Å². The Morgan fingerprint density at radius 2 is 1.80 bits per heavy atom. The van der Waals surface area contributed by atoms with E-state index in [1.54, 1.807) is 13.0 Å². The Labute approximate surface area is 146 Å². The molecule has 0 aromatic heterocycles. The molecule has 2 N–H and O–H groups in total. The van der Waals surface area contributed by atoms with Crippen molar-refractivity contribution in [2.45, 2.75) is 38.8 Å². The van der Waals surface area contributed by atoms with Crippen molar-refractivity contribution in [1.82, 2.24) is 10.6 Å². The second-order valence-electron chi connectivity index (χ2n) is 5.79. The second-order valence-corrected chi connectivity index (χ2v) is 5.79. The molecule has 0 radical (unpaired) electrons. The topological polar surface area (TPSA) is 84.5 Å². The lowest BCUT2D eigenvalue weighted by Gasteiger charge is -2.22. The molecule has 0 bridgehead atoms. The molecule has 0 fully saturated rings. The predicted molar refractivity (Wildman–Crippen MR) is 91.1 cm³/mol. The molecule has 25 heavy (non-hydrogen) atoms. The first-order valence-electron chi connectivity index (χ1n) is 7.77. The van der Waals surface area contributed by atoms with Gasteiger partial charge >= 0.3 is 5.97 Å². The summed E-state index contributed by atoms with van der Waals surface area (Å²) < 4.78 is 18.5. The number of benzene rings is 1. The summed E-state index contributed by atoms with van der Waals surface area (Å²) in [5, 5.41) is 5.01. The van der Waals surface area contributed by atoms with Gasteiger partial charge in [-0.2, -0.15) is 0 Å². The zero-order valence-electron chi connectivity index (χ0n) is 14.6. The van der Waals surface area contributed by atoms with E-state index in [4.69, 9.17) is 0 Å². The van der Waals surface area contributed by atoms with Crippen LogP contribution in [0.3, 0.4) is 0 Å². The Kier molecular flexibility index (Phi) is 7.78. The number of carbonyl (C=O) groups excluding carboxylic acids is 3. The number of nitrogens with one attached hydrogen (secondary N) is 2. The fourth-order valence-corrected chi connectivity index (χ4v) is 2.29. The molecule has 136 valence electrons. The van der Waals surface area contributed by atoms with Gasteiger partial charge in [0.15, 0.2) is 0 Å². The smallest absolute Gasteiger partial charge is 0.328 e. The molecule has 0 saturated carbocycles. The van der Waals surface area contributed by atoms with Crippen molar-refractivity contribution in [3.8, 4) is 0 Å². The number of amides is 2. The van der Waals surface area contributed by atoms with Gasteiger partial charge < -0.3 is 15.4 Å². The lowest BCUT2D eigenvalue weighted by Crippen LogP contribution is -2.52. The number of hydrogen-bond donors (Lipinski definition) is 2. The van der Waals surface area contributed by atoms with E-state index >= 15 is 0 Å². The van der Waals surface area contributed by atoms with E-state index in [-0.39, 0.29) is 18.4 Å². The van der Waals surface area contributed by atoms with Gasteiger partial charge in [0, 0.05) is 13.3 Å². The minimum absolute atomic E-state index is 0.0426. The lowest BCUT2D eigenvalue weighted by molar-refractivity contribution is -0.145. The number of hydrogen-bond acceptors (Lipinski definition) is 4. The summed E-state index contributed by atoms with van der Waals surface area (Å²) in [6.07, 6.45) is 0.157. The third-order valence-electron chi connectivity index (χ3n) is 3.43. The zero-order chi connectivity index (χ0) is 19.0. The number of carbonyl (C=O) groups is 3. The molecule has 1 aromatic carbocycles. The number of halogens is 1. The van der Waals surface area contributed by atoms with E-state index in [2.05, 4.69) is 21.9 Å². The van der Waals surface area contributed by atoms with Crippen LogP contribution in [0.1, 0.15) is 25.8 Å². The highest BCUT2D eigenvalue weighted by molar-refractivity contribution is 5.90. The van der Waals surface area contributed by atoms with Crippen molar-refractivity contribution >= 4 is 17.8 Å². The Morgan fingerprint density at radius 3 is 2.32 bits per heavy atom. The van der Waals surface area contributed by atoms with Crippen LogP contribution in [0, 0.1) is 5.82 Å². The van der Waals surface area contributed by atoms with Crippen LogP contribution in [0.4, 0.5) is 4.39 Å². The van der Waals surface area contributed by atoms with Gasteiger partial charge in [-0.3, -0.25) is 9.59 Å². The molecule has 0 aliphatic heterocycles. The largest absolute Gasteiger partial charge is 0.467 e. The number of ether oxygens (including phenoxy) is 1. The first kappa shape index (κ1) is 20.3. The molecule has 6 nitrogen and oxygen atoms in total. The van der Waals surface area contributed by atoms with Gasteiger partial charge in [-0.15, -0.1) is 6.58 Å². The zero-order valence-corrected chi connectivity index (χ0v) is 14.6. The van der Waals surface area contributed by atoms with E-state index in [9.17, 15) is 18.8 Å². The van der Waals surface area contributed by atoms with Crippen LogP contribution in [0.2, 0.25) is 0 Å². The van der Waals surface area contributed by atoms with E-state index in [1.807, 2.05) is 0 Å². The monoisotopic (exact) mass is 350 g/mol. The standard InChI is InChI=1S/C18H23FN2O4/c1-11(2)9-16(18(24)25-4)21-17(23)15(20-12(3)22)10-13-7-5-6-8-14(13)19/h5-8,15-16H,1,9-10H2,2-4H3,(H,20,22)(H,21,23)/t15-,16+/m1/s1. The van der Waals surface area contributed by atoms with Crippen LogP contribution >= 0.6 is 0 Å². The highest BCUT2D eigenvalue weighted by Crippen LogP contribution is 2.11. The molecule has 0 heterocycles. The molecule has 1 aromatic rings. The molecule has 0 aliphatic rings. The van der Waals surface area contributed by atoms with Crippen LogP contribution in [-0.4, -0.2) is 37.0 Å². The van der Waals surface area contributed by atoms with E-state index in [0.29, 0.717) is 5.57 Å². The first-order chi connectivity index (χ1) is 11.7. The maximum absolute atomic E-state index is 13.8. The van der Waals surface area contributed by atoms with Gasteiger partial charge in [0.05, 0.1) is 7.11 Å². The van der Waals surface area contributed by atoms with Crippen molar-refractivity contribution < 1.29 is 23.5 Å². The summed E-state index contributed by atoms with van der Waals surface area (Å²) in [7, 11) is 1.21. The quantitative estimate of drug-likeness (QED) is 0.550. The van der Waals surface area contributed by atoms with Crippen molar-refractivity contribution in [3.63, 3.8) is 0 Å². The van der Waals surface area contributed by atoms with Crippen LogP contribution in [-0.2, 0) is 25.5 Å². The fourth-order valence-electron chi connectivity index (χ4n) is 2.29. The van der Waals surface area contributed by atoms with Crippen LogP contribution < -0.4 is 10.6 Å². The van der Waals surface area contributed by atoms with Crippen molar-refractivity contribution in [2.75, 3.05) is 7.11 Å². The van der Waals surface area contributed by atoms with Gasteiger partial charge in [-0.25, -0.2) is 9.18 Å². The summed E-state index contributed by atoms with van der Waals surface area (Å²) in [5.74, 6) is -2.14. The predicted octanol–water partition coefficient (Wildman–Crippen LogP) is 1.50. The molecule has 7 heteroatoms. The summed E-state index contributed by atoms with van der Waals surface area (Å²) >= 11 is 0. The fraction of sp³-hybridized carbons (Fsp3) is 0.389. The molecule has 2 amide bonds. The Morgan fingerprint density at radius 1 is 1.16 bits per heavy atom. The van der Waals surface area contributed by atoms with Crippen LogP contribution in [0.15, 0.2) is 36.4 Å².